The monoisotopic (exact) mass is 244 g/mol. The van der Waals surface area contributed by atoms with Crippen molar-refractivity contribution in [2.45, 2.75) is 19.1 Å². The van der Waals surface area contributed by atoms with Gasteiger partial charge in [0.05, 0.1) is 12.1 Å². The van der Waals surface area contributed by atoms with Crippen molar-refractivity contribution in [1.29, 1.82) is 0 Å². The van der Waals surface area contributed by atoms with E-state index in [0.29, 0.717) is 0 Å². The second-order valence-electron chi connectivity index (χ2n) is 3.46. The van der Waals surface area contributed by atoms with E-state index in [-0.39, 0.29) is 24.9 Å². The Morgan fingerprint density at radius 2 is 2.00 bits per heavy atom. The van der Waals surface area contributed by atoms with Crippen LogP contribution in [0, 0.1) is 0 Å². The van der Waals surface area contributed by atoms with Crippen LogP contribution in [0.4, 0.5) is 0 Å². The number of nitrogens with two attached hydrogens (primary N) is 1. The van der Waals surface area contributed by atoms with Crippen molar-refractivity contribution in [3.05, 3.63) is 35.9 Å². The van der Waals surface area contributed by atoms with Gasteiger partial charge in [-0.3, -0.25) is 4.79 Å². The minimum absolute atomic E-state index is 0. The lowest BCUT2D eigenvalue weighted by atomic mass is 10.1. The molecular weight excluding hydrogens is 228 g/mol. The number of aliphatic hydroxyl groups excluding tert-OH is 1. The molecule has 4 nitrogen and oxygen atoms in total. The molecule has 90 valence electrons. The van der Waals surface area contributed by atoms with Gasteiger partial charge >= 0.3 is 0 Å². The van der Waals surface area contributed by atoms with Crippen LogP contribution < -0.4 is 11.1 Å². The van der Waals surface area contributed by atoms with Crippen LogP contribution in [0.1, 0.15) is 18.6 Å². The predicted molar refractivity (Wildman–Crippen MR) is 65.3 cm³/mol. The van der Waals surface area contributed by atoms with Gasteiger partial charge in [-0.25, -0.2) is 0 Å². The molecule has 4 N–H and O–H groups in total. The second kappa shape index (κ2) is 7.22. The molecule has 1 unspecified atom stereocenters. The Hall–Kier alpha value is -1.10. The molecule has 2 atom stereocenters. The zero-order chi connectivity index (χ0) is 11.3. The third-order valence-corrected chi connectivity index (χ3v) is 2.07. The first kappa shape index (κ1) is 14.9. The lowest BCUT2D eigenvalue weighted by Gasteiger charge is -2.13. The van der Waals surface area contributed by atoms with E-state index < -0.39 is 12.1 Å². The fourth-order valence-electron chi connectivity index (χ4n) is 1.15. The molecule has 1 rings (SSSR count). The molecule has 0 aromatic heterocycles. The number of nitrogens with one attached hydrogen (secondary N) is 1. The van der Waals surface area contributed by atoms with E-state index in [1.54, 1.807) is 6.92 Å². The van der Waals surface area contributed by atoms with Gasteiger partial charge < -0.3 is 16.2 Å². The second-order valence-corrected chi connectivity index (χ2v) is 3.46. The van der Waals surface area contributed by atoms with Crippen molar-refractivity contribution in [1.82, 2.24) is 5.32 Å². The summed E-state index contributed by atoms with van der Waals surface area (Å²) in [4.78, 5) is 11.1. The minimum atomic E-state index is -0.686. The highest BCUT2D eigenvalue weighted by molar-refractivity contribution is 5.85. The molecule has 0 radical (unpaired) electrons. The molecular formula is C11H17ClN2O2. The van der Waals surface area contributed by atoms with Gasteiger partial charge in [-0.15, -0.1) is 12.4 Å². The number of aliphatic hydroxyl groups is 1. The molecule has 0 aliphatic heterocycles. The van der Waals surface area contributed by atoms with Crippen LogP contribution in [0.3, 0.4) is 0 Å². The van der Waals surface area contributed by atoms with Gasteiger partial charge in [0.25, 0.3) is 0 Å². The Labute approximate surface area is 101 Å². The quantitative estimate of drug-likeness (QED) is 0.726. The number of benzene rings is 1. The number of carbonyl (C=O) groups is 1. The van der Waals surface area contributed by atoms with Gasteiger partial charge in [0.2, 0.25) is 5.91 Å². The molecule has 0 fully saturated rings. The number of hydrogen-bond acceptors (Lipinski definition) is 3. The van der Waals surface area contributed by atoms with Crippen molar-refractivity contribution in [3.63, 3.8) is 0 Å². The summed E-state index contributed by atoms with van der Waals surface area (Å²) in [6.07, 6.45) is -0.686. The van der Waals surface area contributed by atoms with Crippen molar-refractivity contribution < 1.29 is 9.90 Å². The molecule has 1 aromatic carbocycles. The van der Waals surface area contributed by atoms with E-state index in [2.05, 4.69) is 5.32 Å². The standard InChI is InChI=1S/C11H16N2O2.ClH/c1-8(12)11(15)13-7-10(14)9-5-3-2-4-6-9;/h2-6,8,10,14H,7,12H2,1H3,(H,13,15);1H/t8-,10?;/m0./s1. The zero-order valence-electron chi connectivity index (χ0n) is 9.09. The fourth-order valence-corrected chi connectivity index (χ4v) is 1.15. The van der Waals surface area contributed by atoms with Crippen LogP contribution in [0.5, 0.6) is 0 Å². The van der Waals surface area contributed by atoms with E-state index in [4.69, 9.17) is 5.73 Å². The number of rotatable bonds is 4. The van der Waals surface area contributed by atoms with Crippen molar-refractivity contribution in [3.8, 4) is 0 Å². The number of carbonyl (C=O) groups excluding carboxylic acids is 1. The molecule has 0 saturated carbocycles. The molecule has 0 bridgehead atoms. The Morgan fingerprint density at radius 3 is 2.50 bits per heavy atom. The number of hydrogen-bond donors (Lipinski definition) is 3. The molecule has 1 aromatic rings. The largest absolute Gasteiger partial charge is 0.387 e. The molecule has 1 amide bonds. The van der Waals surface area contributed by atoms with E-state index in [0.717, 1.165) is 5.56 Å². The van der Waals surface area contributed by atoms with Gasteiger partial charge in [0, 0.05) is 6.54 Å². The molecule has 0 aliphatic rings. The van der Waals surface area contributed by atoms with Crippen LogP contribution >= 0.6 is 12.4 Å². The Kier molecular flexibility index (Phi) is 6.72. The highest BCUT2D eigenvalue weighted by atomic mass is 35.5. The lowest BCUT2D eigenvalue weighted by Crippen LogP contribution is -2.40. The summed E-state index contributed by atoms with van der Waals surface area (Å²) in [7, 11) is 0. The number of halogens is 1. The van der Waals surface area contributed by atoms with Crippen LogP contribution in [-0.4, -0.2) is 23.6 Å². The fraction of sp³-hybridized carbons (Fsp3) is 0.364. The van der Waals surface area contributed by atoms with Crippen LogP contribution in [0.2, 0.25) is 0 Å². The molecule has 0 aliphatic carbocycles. The third-order valence-electron chi connectivity index (χ3n) is 2.07. The van der Waals surface area contributed by atoms with E-state index in [1.165, 1.54) is 0 Å². The summed E-state index contributed by atoms with van der Waals surface area (Å²) in [5.41, 5.74) is 6.15. The van der Waals surface area contributed by atoms with Crippen molar-refractivity contribution in [2.75, 3.05) is 6.54 Å². The molecule has 16 heavy (non-hydrogen) atoms. The molecule has 0 spiro atoms. The summed E-state index contributed by atoms with van der Waals surface area (Å²) >= 11 is 0. The summed E-state index contributed by atoms with van der Waals surface area (Å²) in [5, 5.41) is 12.3. The number of amides is 1. The summed E-state index contributed by atoms with van der Waals surface area (Å²) in [5.74, 6) is -0.259. The van der Waals surface area contributed by atoms with Crippen LogP contribution in [-0.2, 0) is 4.79 Å². The van der Waals surface area contributed by atoms with Crippen LogP contribution in [0.25, 0.3) is 0 Å². The van der Waals surface area contributed by atoms with Gasteiger partial charge in [-0.1, -0.05) is 30.3 Å². The van der Waals surface area contributed by atoms with Crippen LogP contribution in [0.15, 0.2) is 30.3 Å². The average Bonchev–Trinajstić information content (AvgIpc) is 2.26. The Balaban J connectivity index is 0.00000225. The average molecular weight is 245 g/mol. The van der Waals surface area contributed by atoms with E-state index >= 15 is 0 Å². The first-order valence-electron chi connectivity index (χ1n) is 4.87. The predicted octanol–water partition coefficient (Wildman–Crippen LogP) is 0.605. The van der Waals surface area contributed by atoms with Gasteiger partial charge in [0.1, 0.15) is 0 Å². The first-order chi connectivity index (χ1) is 7.11. The lowest BCUT2D eigenvalue weighted by molar-refractivity contribution is -0.122. The maximum Gasteiger partial charge on any atom is 0.236 e. The molecule has 0 saturated heterocycles. The summed E-state index contributed by atoms with van der Waals surface area (Å²) in [6, 6.07) is 8.62. The third kappa shape index (κ3) is 4.61. The van der Waals surface area contributed by atoms with Gasteiger partial charge in [-0.05, 0) is 12.5 Å². The summed E-state index contributed by atoms with van der Waals surface area (Å²) < 4.78 is 0. The zero-order valence-corrected chi connectivity index (χ0v) is 9.91. The SMILES string of the molecule is C[C@H](N)C(=O)NCC(O)c1ccccc1.Cl. The van der Waals surface area contributed by atoms with E-state index in [1.807, 2.05) is 30.3 Å². The molecule has 0 heterocycles. The first-order valence-corrected chi connectivity index (χ1v) is 4.87. The van der Waals surface area contributed by atoms with Gasteiger partial charge in [-0.2, -0.15) is 0 Å². The maximum atomic E-state index is 11.1. The minimum Gasteiger partial charge on any atom is -0.387 e. The van der Waals surface area contributed by atoms with E-state index in [9.17, 15) is 9.90 Å². The normalized spacial score (nSPS) is 13.4. The molecule has 5 heteroatoms. The Morgan fingerprint density at radius 1 is 1.44 bits per heavy atom. The Bertz CT molecular complexity index is 317. The highest BCUT2D eigenvalue weighted by Gasteiger charge is 2.10. The topological polar surface area (TPSA) is 75.4 Å². The van der Waals surface area contributed by atoms with Crippen molar-refractivity contribution >= 4 is 18.3 Å². The summed E-state index contributed by atoms with van der Waals surface area (Å²) in [6.45, 7) is 1.79. The highest BCUT2D eigenvalue weighted by Crippen LogP contribution is 2.10. The van der Waals surface area contributed by atoms with Gasteiger partial charge in [0.15, 0.2) is 0 Å². The maximum absolute atomic E-state index is 11.1. The van der Waals surface area contributed by atoms with Crippen molar-refractivity contribution in [2.24, 2.45) is 5.73 Å². The smallest absolute Gasteiger partial charge is 0.236 e.